The molecule has 22 heavy (non-hydrogen) atoms. The minimum atomic E-state index is -0.0106. The second-order valence-electron chi connectivity index (χ2n) is 5.09. The van der Waals surface area contributed by atoms with Gasteiger partial charge in [-0.25, -0.2) is 4.98 Å². The predicted molar refractivity (Wildman–Crippen MR) is 89.5 cm³/mol. The van der Waals surface area contributed by atoms with Crippen molar-refractivity contribution in [3.63, 3.8) is 0 Å². The molecular weight excluding hydrogens is 298 g/mol. The lowest BCUT2D eigenvalue weighted by atomic mass is 10.1. The standard InChI is InChI=1S/C16H19N3O2S/c1-2-15(20)18-16-17-14(11-22-16)12-3-5-13(6-4-12)19-7-9-21-10-8-19/h3-6,11H,2,7-10H2,1H3,(H,17,18,20). The maximum Gasteiger partial charge on any atom is 0.225 e. The lowest BCUT2D eigenvalue weighted by Crippen LogP contribution is -2.36. The first kappa shape index (κ1) is 15.0. The molecule has 1 aromatic heterocycles. The quantitative estimate of drug-likeness (QED) is 0.942. The second-order valence-corrected chi connectivity index (χ2v) is 5.94. The van der Waals surface area contributed by atoms with Crippen molar-refractivity contribution >= 4 is 28.1 Å². The van der Waals surface area contributed by atoms with Gasteiger partial charge in [0.1, 0.15) is 0 Å². The van der Waals surface area contributed by atoms with E-state index in [9.17, 15) is 4.79 Å². The number of nitrogens with zero attached hydrogens (tertiary/aromatic N) is 2. The van der Waals surface area contributed by atoms with E-state index in [0.717, 1.165) is 37.6 Å². The lowest BCUT2D eigenvalue weighted by Gasteiger charge is -2.28. The summed E-state index contributed by atoms with van der Waals surface area (Å²) in [4.78, 5) is 18.2. The first-order valence-electron chi connectivity index (χ1n) is 7.45. The molecule has 0 bridgehead atoms. The van der Waals surface area contributed by atoms with E-state index in [4.69, 9.17) is 4.74 Å². The Balaban J connectivity index is 1.71. The average Bonchev–Trinajstić information content (AvgIpc) is 3.04. The highest BCUT2D eigenvalue weighted by Crippen LogP contribution is 2.27. The molecule has 0 saturated carbocycles. The molecule has 5 nitrogen and oxygen atoms in total. The maximum absolute atomic E-state index is 11.4. The molecule has 0 spiro atoms. The van der Waals surface area contributed by atoms with Crippen LogP contribution in [-0.4, -0.2) is 37.2 Å². The molecule has 1 N–H and O–H groups in total. The van der Waals surface area contributed by atoms with Crippen molar-refractivity contribution in [2.45, 2.75) is 13.3 Å². The molecule has 6 heteroatoms. The van der Waals surface area contributed by atoms with Crippen molar-refractivity contribution in [1.29, 1.82) is 0 Å². The van der Waals surface area contributed by atoms with Gasteiger partial charge in [0.05, 0.1) is 18.9 Å². The van der Waals surface area contributed by atoms with E-state index in [0.29, 0.717) is 11.6 Å². The largest absolute Gasteiger partial charge is 0.378 e. The second kappa shape index (κ2) is 6.89. The summed E-state index contributed by atoms with van der Waals surface area (Å²) in [7, 11) is 0. The molecule has 0 radical (unpaired) electrons. The van der Waals surface area contributed by atoms with Gasteiger partial charge in [0.25, 0.3) is 0 Å². The molecule has 0 atom stereocenters. The fourth-order valence-electron chi connectivity index (χ4n) is 2.34. The van der Waals surface area contributed by atoms with Crippen LogP contribution in [0.25, 0.3) is 11.3 Å². The first-order valence-corrected chi connectivity index (χ1v) is 8.32. The molecule has 1 saturated heterocycles. The highest BCUT2D eigenvalue weighted by Gasteiger charge is 2.12. The zero-order valence-electron chi connectivity index (χ0n) is 12.5. The van der Waals surface area contributed by atoms with Crippen LogP contribution in [0.4, 0.5) is 10.8 Å². The SMILES string of the molecule is CCC(=O)Nc1nc(-c2ccc(N3CCOCC3)cc2)cs1. The van der Waals surface area contributed by atoms with Gasteiger partial charge in [-0.2, -0.15) is 0 Å². The number of anilines is 2. The van der Waals surface area contributed by atoms with E-state index in [-0.39, 0.29) is 5.91 Å². The summed E-state index contributed by atoms with van der Waals surface area (Å²) in [6.45, 7) is 5.27. The van der Waals surface area contributed by atoms with Crippen LogP contribution >= 0.6 is 11.3 Å². The molecule has 1 aliphatic rings. The molecular formula is C16H19N3O2S. The number of amides is 1. The van der Waals surface area contributed by atoms with Crippen molar-refractivity contribution in [2.75, 3.05) is 36.5 Å². The minimum absolute atomic E-state index is 0.0106. The highest BCUT2D eigenvalue weighted by molar-refractivity contribution is 7.14. The normalized spacial score (nSPS) is 14.9. The van der Waals surface area contributed by atoms with Crippen molar-refractivity contribution in [2.24, 2.45) is 0 Å². The Morgan fingerprint density at radius 2 is 2.05 bits per heavy atom. The number of benzene rings is 1. The average molecular weight is 317 g/mol. The number of rotatable bonds is 4. The number of ether oxygens (including phenoxy) is 1. The zero-order valence-corrected chi connectivity index (χ0v) is 13.4. The number of carbonyl (C=O) groups is 1. The third-order valence-corrected chi connectivity index (χ3v) is 4.37. The van der Waals surface area contributed by atoms with Gasteiger partial charge in [-0.1, -0.05) is 19.1 Å². The van der Waals surface area contributed by atoms with Gasteiger partial charge in [-0.15, -0.1) is 11.3 Å². The van der Waals surface area contributed by atoms with Crippen molar-refractivity contribution in [3.05, 3.63) is 29.6 Å². The summed E-state index contributed by atoms with van der Waals surface area (Å²) in [5.74, 6) is -0.0106. The number of aromatic nitrogens is 1. The van der Waals surface area contributed by atoms with E-state index in [1.54, 1.807) is 0 Å². The molecule has 116 valence electrons. The topological polar surface area (TPSA) is 54.5 Å². The lowest BCUT2D eigenvalue weighted by molar-refractivity contribution is -0.115. The number of morpholine rings is 1. The zero-order chi connectivity index (χ0) is 15.4. The molecule has 0 unspecified atom stereocenters. The van der Waals surface area contributed by atoms with Crippen LogP contribution in [0.3, 0.4) is 0 Å². The van der Waals surface area contributed by atoms with Crippen LogP contribution in [0.1, 0.15) is 13.3 Å². The Labute approximate surface area is 133 Å². The van der Waals surface area contributed by atoms with Crippen LogP contribution in [-0.2, 0) is 9.53 Å². The van der Waals surface area contributed by atoms with Crippen molar-refractivity contribution in [1.82, 2.24) is 4.98 Å². The summed E-state index contributed by atoms with van der Waals surface area (Å²) in [6.07, 6.45) is 0.461. The van der Waals surface area contributed by atoms with Crippen LogP contribution < -0.4 is 10.2 Å². The minimum Gasteiger partial charge on any atom is -0.378 e. The van der Waals surface area contributed by atoms with Gasteiger partial charge >= 0.3 is 0 Å². The maximum atomic E-state index is 11.4. The number of thiazole rings is 1. The van der Waals surface area contributed by atoms with Gasteiger partial charge in [0.2, 0.25) is 5.91 Å². The van der Waals surface area contributed by atoms with E-state index in [1.165, 1.54) is 17.0 Å². The van der Waals surface area contributed by atoms with Gasteiger partial charge in [0.15, 0.2) is 5.13 Å². The number of hydrogen-bond donors (Lipinski definition) is 1. The van der Waals surface area contributed by atoms with Crippen LogP contribution in [0.5, 0.6) is 0 Å². The van der Waals surface area contributed by atoms with E-state index < -0.39 is 0 Å². The summed E-state index contributed by atoms with van der Waals surface area (Å²) >= 11 is 1.45. The molecule has 2 heterocycles. The smallest absolute Gasteiger partial charge is 0.225 e. The van der Waals surface area contributed by atoms with Gasteiger partial charge in [-0.3, -0.25) is 4.79 Å². The van der Waals surface area contributed by atoms with Crippen LogP contribution in [0, 0.1) is 0 Å². The first-order chi connectivity index (χ1) is 10.8. The molecule has 1 aliphatic heterocycles. The number of hydrogen-bond acceptors (Lipinski definition) is 5. The van der Waals surface area contributed by atoms with Gasteiger partial charge < -0.3 is 15.0 Å². The van der Waals surface area contributed by atoms with Crippen molar-refractivity contribution < 1.29 is 9.53 Å². The summed E-state index contributed by atoms with van der Waals surface area (Å²) < 4.78 is 5.37. The molecule has 1 aromatic carbocycles. The molecule has 1 amide bonds. The van der Waals surface area contributed by atoms with Gasteiger partial charge in [0, 0.05) is 36.1 Å². The Hall–Kier alpha value is -1.92. The molecule has 1 fully saturated rings. The molecule has 3 rings (SSSR count). The fraction of sp³-hybridized carbons (Fsp3) is 0.375. The Kier molecular flexibility index (Phi) is 4.70. The Morgan fingerprint density at radius 1 is 1.32 bits per heavy atom. The Morgan fingerprint density at radius 3 is 2.73 bits per heavy atom. The predicted octanol–water partition coefficient (Wildman–Crippen LogP) is 3.00. The molecule has 2 aromatic rings. The Bertz CT molecular complexity index is 633. The summed E-state index contributed by atoms with van der Waals surface area (Å²) in [6, 6.07) is 8.38. The number of nitrogens with one attached hydrogen (secondary N) is 1. The third-order valence-electron chi connectivity index (χ3n) is 3.61. The monoisotopic (exact) mass is 317 g/mol. The van der Waals surface area contributed by atoms with Crippen molar-refractivity contribution in [3.8, 4) is 11.3 Å². The summed E-state index contributed by atoms with van der Waals surface area (Å²) in [5.41, 5.74) is 3.16. The van der Waals surface area contributed by atoms with Crippen LogP contribution in [0.2, 0.25) is 0 Å². The number of carbonyl (C=O) groups excluding carboxylic acids is 1. The summed E-state index contributed by atoms with van der Waals surface area (Å²) in [5, 5.41) is 5.41. The fourth-order valence-corrected chi connectivity index (χ4v) is 3.07. The molecule has 0 aliphatic carbocycles. The third kappa shape index (κ3) is 3.45. The van der Waals surface area contributed by atoms with E-state index in [1.807, 2.05) is 12.3 Å². The highest BCUT2D eigenvalue weighted by atomic mass is 32.1. The van der Waals surface area contributed by atoms with E-state index in [2.05, 4.69) is 39.5 Å². The van der Waals surface area contributed by atoms with Crippen LogP contribution in [0.15, 0.2) is 29.6 Å². The van der Waals surface area contributed by atoms with E-state index >= 15 is 0 Å². The van der Waals surface area contributed by atoms with Gasteiger partial charge in [-0.05, 0) is 12.1 Å².